The molecule has 4 heteroatoms. The Kier molecular flexibility index (Phi) is 1.66. The van der Waals surface area contributed by atoms with Crippen LogP contribution in [0, 0.1) is 12.3 Å². The van der Waals surface area contributed by atoms with Crippen molar-refractivity contribution in [1.29, 1.82) is 0 Å². The Labute approximate surface area is 75.4 Å². The molecular weight excluding hydrogens is 168 g/mol. The van der Waals surface area contributed by atoms with Crippen molar-refractivity contribution in [2.75, 3.05) is 0 Å². The third kappa shape index (κ3) is 0.970. The van der Waals surface area contributed by atoms with Gasteiger partial charge in [-0.05, 0) is 12.8 Å². The van der Waals surface area contributed by atoms with Crippen molar-refractivity contribution in [2.45, 2.75) is 25.9 Å². The summed E-state index contributed by atoms with van der Waals surface area (Å²) in [6.07, 6.45) is 6.78. The molecule has 1 aliphatic rings. The zero-order chi connectivity index (χ0) is 9.42. The van der Waals surface area contributed by atoms with E-state index in [0.717, 1.165) is 18.5 Å². The molecule has 0 fully saturated rings. The van der Waals surface area contributed by atoms with Gasteiger partial charge in [0, 0.05) is 6.54 Å². The summed E-state index contributed by atoms with van der Waals surface area (Å²) in [5, 5.41) is 9.61. The summed E-state index contributed by atoms with van der Waals surface area (Å²) >= 11 is 0. The molecule has 0 atom stereocenters. The predicted octanol–water partition coefficient (Wildman–Crippen LogP) is -0.0652. The minimum atomic E-state index is -0.192. The summed E-state index contributed by atoms with van der Waals surface area (Å²) in [5.41, 5.74) is 0.531. The van der Waals surface area contributed by atoms with Gasteiger partial charge in [0.25, 0.3) is 0 Å². The average molecular weight is 178 g/mol. The fourth-order valence-corrected chi connectivity index (χ4v) is 1.74. The molecule has 4 nitrogen and oxygen atoms in total. The summed E-state index contributed by atoms with van der Waals surface area (Å²) in [6.45, 7) is 0.837. The van der Waals surface area contributed by atoms with E-state index in [4.69, 9.17) is 6.42 Å². The van der Waals surface area contributed by atoms with Crippen LogP contribution in [0.5, 0.6) is 5.88 Å². The maximum atomic E-state index is 11.5. The van der Waals surface area contributed by atoms with Crippen molar-refractivity contribution in [2.24, 2.45) is 0 Å². The van der Waals surface area contributed by atoms with Gasteiger partial charge >= 0.3 is 5.69 Å². The summed E-state index contributed by atoms with van der Waals surface area (Å²) in [5.74, 6) is 2.39. The van der Waals surface area contributed by atoms with Crippen LogP contribution in [0.4, 0.5) is 0 Å². The highest BCUT2D eigenvalue weighted by molar-refractivity contribution is 5.23. The van der Waals surface area contributed by atoms with Gasteiger partial charge in [-0.2, -0.15) is 0 Å². The Bertz CT molecular complexity index is 434. The number of hydrogen-bond donors (Lipinski definition) is 1. The summed E-state index contributed by atoms with van der Waals surface area (Å²) in [6, 6.07) is 0. The highest BCUT2D eigenvalue weighted by Gasteiger charge is 2.22. The number of rotatable bonds is 1. The van der Waals surface area contributed by atoms with Crippen LogP contribution in [0.2, 0.25) is 0 Å². The second-order valence-corrected chi connectivity index (χ2v) is 3.10. The Balaban J connectivity index is 2.62. The highest BCUT2D eigenvalue weighted by atomic mass is 16.3. The molecule has 1 aromatic heterocycles. The van der Waals surface area contributed by atoms with Crippen molar-refractivity contribution in [3.8, 4) is 18.2 Å². The Morgan fingerprint density at radius 1 is 1.62 bits per heavy atom. The van der Waals surface area contributed by atoms with Crippen LogP contribution in [-0.2, 0) is 19.5 Å². The molecule has 0 aliphatic carbocycles. The van der Waals surface area contributed by atoms with Crippen LogP contribution in [0.1, 0.15) is 12.1 Å². The summed E-state index contributed by atoms with van der Waals surface area (Å²) in [7, 11) is 0. The molecular formula is C9H10N2O2. The van der Waals surface area contributed by atoms with Gasteiger partial charge in [-0.15, -0.1) is 6.42 Å². The molecule has 2 rings (SSSR count). The third-order valence-electron chi connectivity index (χ3n) is 2.35. The number of fused-ring (bicyclic) bond motifs is 1. The van der Waals surface area contributed by atoms with E-state index < -0.39 is 0 Å². The zero-order valence-electron chi connectivity index (χ0n) is 7.16. The third-order valence-corrected chi connectivity index (χ3v) is 2.35. The van der Waals surface area contributed by atoms with Crippen molar-refractivity contribution in [3.05, 3.63) is 16.2 Å². The van der Waals surface area contributed by atoms with Crippen LogP contribution in [-0.4, -0.2) is 14.2 Å². The number of hydrogen-bond acceptors (Lipinski definition) is 2. The van der Waals surface area contributed by atoms with Gasteiger partial charge in [-0.3, -0.25) is 9.13 Å². The lowest BCUT2D eigenvalue weighted by Crippen LogP contribution is -2.23. The minimum Gasteiger partial charge on any atom is -0.493 e. The van der Waals surface area contributed by atoms with Gasteiger partial charge in [0.15, 0.2) is 0 Å². The maximum Gasteiger partial charge on any atom is 0.332 e. The van der Waals surface area contributed by atoms with Gasteiger partial charge in [0.05, 0.1) is 12.2 Å². The van der Waals surface area contributed by atoms with Crippen molar-refractivity contribution >= 4 is 0 Å². The standard InChI is InChI=1S/C9H10N2O2/c1-2-5-11-8(12)7-4-3-6-10(7)9(11)13/h1,12H,3-6H2. The van der Waals surface area contributed by atoms with Crippen LogP contribution < -0.4 is 5.69 Å². The molecule has 0 bridgehead atoms. The van der Waals surface area contributed by atoms with E-state index in [9.17, 15) is 9.90 Å². The van der Waals surface area contributed by atoms with Crippen LogP contribution in [0.25, 0.3) is 0 Å². The summed E-state index contributed by atoms with van der Waals surface area (Å²) < 4.78 is 2.82. The molecule has 0 radical (unpaired) electrons. The van der Waals surface area contributed by atoms with Crippen LogP contribution >= 0.6 is 0 Å². The molecule has 0 unspecified atom stereocenters. The molecule has 0 saturated heterocycles. The Morgan fingerprint density at radius 3 is 3.00 bits per heavy atom. The smallest absolute Gasteiger partial charge is 0.332 e. The first-order valence-electron chi connectivity index (χ1n) is 4.20. The molecule has 0 aromatic carbocycles. The minimum absolute atomic E-state index is 0.0421. The molecule has 1 aliphatic heterocycles. The van der Waals surface area contributed by atoms with E-state index >= 15 is 0 Å². The Hall–Kier alpha value is -1.63. The van der Waals surface area contributed by atoms with Gasteiger partial charge in [0.1, 0.15) is 0 Å². The predicted molar refractivity (Wildman–Crippen MR) is 47.5 cm³/mol. The molecule has 1 aromatic rings. The molecule has 0 saturated carbocycles. The first-order valence-corrected chi connectivity index (χ1v) is 4.20. The lowest BCUT2D eigenvalue weighted by atomic mass is 10.3. The molecule has 0 spiro atoms. The van der Waals surface area contributed by atoms with E-state index in [2.05, 4.69) is 5.92 Å². The van der Waals surface area contributed by atoms with E-state index in [0.29, 0.717) is 6.54 Å². The largest absolute Gasteiger partial charge is 0.493 e. The number of nitrogens with zero attached hydrogens (tertiary/aromatic N) is 2. The fourth-order valence-electron chi connectivity index (χ4n) is 1.74. The second-order valence-electron chi connectivity index (χ2n) is 3.10. The number of imidazole rings is 1. The molecule has 13 heavy (non-hydrogen) atoms. The van der Waals surface area contributed by atoms with Gasteiger partial charge in [0.2, 0.25) is 5.88 Å². The van der Waals surface area contributed by atoms with Crippen LogP contribution in [0.3, 0.4) is 0 Å². The van der Waals surface area contributed by atoms with Crippen LogP contribution in [0.15, 0.2) is 4.79 Å². The van der Waals surface area contributed by atoms with E-state index in [1.165, 1.54) is 4.57 Å². The monoisotopic (exact) mass is 178 g/mol. The van der Waals surface area contributed by atoms with Crippen molar-refractivity contribution < 1.29 is 5.11 Å². The zero-order valence-corrected chi connectivity index (χ0v) is 7.16. The SMILES string of the molecule is C#CCn1c(O)c2n(c1=O)CCC2. The maximum absolute atomic E-state index is 11.5. The first kappa shape index (κ1) is 7.99. The Morgan fingerprint density at radius 2 is 2.38 bits per heavy atom. The van der Waals surface area contributed by atoms with E-state index in [1.807, 2.05) is 0 Å². The number of aromatic hydroxyl groups is 1. The normalized spacial score (nSPS) is 14.1. The van der Waals surface area contributed by atoms with Crippen molar-refractivity contribution in [3.63, 3.8) is 0 Å². The van der Waals surface area contributed by atoms with E-state index in [-0.39, 0.29) is 18.1 Å². The number of aromatic nitrogens is 2. The first-order chi connectivity index (χ1) is 6.25. The van der Waals surface area contributed by atoms with Gasteiger partial charge in [-0.1, -0.05) is 5.92 Å². The quantitative estimate of drug-likeness (QED) is 0.612. The average Bonchev–Trinajstić information content (AvgIpc) is 2.66. The molecule has 1 N–H and O–H groups in total. The molecule has 68 valence electrons. The second kappa shape index (κ2) is 2.70. The van der Waals surface area contributed by atoms with Gasteiger partial charge < -0.3 is 5.11 Å². The highest BCUT2D eigenvalue weighted by Crippen LogP contribution is 2.22. The van der Waals surface area contributed by atoms with Gasteiger partial charge in [-0.25, -0.2) is 4.79 Å². The lowest BCUT2D eigenvalue weighted by molar-refractivity contribution is 0.418. The number of terminal acetylenes is 1. The van der Waals surface area contributed by atoms with Crippen molar-refractivity contribution in [1.82, 2.24) is 9.13 Å². The topological polar surface area (TPSA) is 47.2 Å². The molecule has 2 heterocycles. The fraction of sp³-hybridized carbons (Fsp3) is 0.444. The van der Waals surface area contributed by atoms with E-state index in [1.54, 1.807) is 4.57 Å². The lowest BCUT2D eigenvalue weighted by Gasteiger charge is -1.96. The molecule has 0 amide bonds. The summed E-state index contributed by atoms with van der Waals surface area (Å²) in [4.78, 5) is 11.5.